The number of nitrogens with one attached hydrogen (secondary N) is 1. The zero-order chi connectivity index (χ0) is 24.8. The minimum Gasteiger partial charge on any atom is -0.451 e. The van der Waals surface area contributed by atoms with Crippen molar-refractivity contribution in [3.05, 3.63) is 76.7 Å². The van der Waals surface area contributed by atoms with Crippen LogP contribution in [0.3, 0.4) is 0 Å². The lowest BCUT2D eigenvalue weighted by Crippen LogP contribution is -2.24. The van der Waals surface area contributed by atoms with Crippen LogP contribution in [0.15, 0.2) is 57.9 Å². The second kappa shape index (κ2) is 11.2. The number of anilines is 1. The van der Waals surface area contributed by atoms with Gasteiger partial charge in [0.05, 0.1) is 11.3 Å². The summed E-state index contributed by atoms with van der Waals surface area (Å²) in [5.41, 5.74) is 3.20. The van der Waals surface area contributed by atoms with Gasteiger partial charge in [0.15, 0.2) is 6.10 Å². The molecule has 0 radical (unpaired) electrons. The molecular formula is C26H28N2O5S. The van der Waals surface area contributed by atoms with Gasteiger partial charge in [0.1, 0.15) is 5.76 Å². The summed E-state index contributed by atoms with van der Waals surface area (Å²) in [6, 6.07) is 13.7. The lowest BCUT2D eigenvalue weighted by Gasteiger charge is -2.15. The van der Waals surface area contributed by atoms with Gasteiger partial charge in [-0.05, 0) is 57.2 Å². The van der Waals surface area contributed by atoms with Gasteiger partial charge >= 0.3 is 5.97 Å². The lowest BCUT2D eigenvalue weighted by molar-refractivity contribution is -0.118. The number of amides is 1. The first kappa shape index (κ1) is 25.2. The first-order valence-electron chi connectivity index (χ1n) is 11.0. The van der Waals surface area contributed by atoms with Crippen molar-refractivity contribution in [2.24, 2.45) is 5.92 Å². The number of thioether (sulfide) groups is 1. The number of esters is 1. The Bertz CT molecular complexity index is 1160. The summed E-state index contributed by atoms with van der Waals surface area (Å²) in [7, 11) is 0. The molecule has 1 amide bonds. The molecule has 1 heterocycles. The van der Waals surface area contributed by atoms with E-state index in [-0.39, 0.29) is 17.6 Å². The molecule has 0 aliphatic rings. The fraction of sp³-hybridized carbons (Fsp3) is 0.308. The Hall–Kier alpha value is -3.39. The van der Waals surface area contributed by atoms with Gasteiger partial charge in [0.2, 0.25) is 11.7 Å². The zero-order valence-electron chi connectivity index (χ0n) is 19.9. The van der Waals surface area contributed by atoms with Crippen LogP contribution in [0.1, 0.15) is 58.5 Å². The molecule has 0 aliphatic heterocycles. The number of aromatic nitrogens is 1. The quantitative estimate of drug-likeness (QED) is 0.242. The summed E-state index contributed by atoms with van der Waals surface area (Å²) < 4.78 is 10.7. The van der Waals surface area contributed by atoms with E-state index >= 15 is 0 Å². The van der Waals surface area contributed by atoms with Gasteiger partial charge in [-0.15, -0.1) is 11.8 Å². The highest BCUT2D eigenvalue weighted by molar-refractivity contribution is 7.98. The Kier molecular flexibility index (Phi) is 8.28. The number of hydrogen-bond donors (Lipinski definition) is 1. The van der Waals surface area contributed by atoms with Crippen molar-refractivity contribution in [2.75, 3.05) is 5.32 Å². The molecule has 0 saturated carbocycles. The van der Waals surface area contributed by atoms with Crippen LogP contribution in [0.2, 0.25) is 0 Å². The second-order valence-electron chi connectivity index (χ2n) is 8.22. The molecule has 0 spiro atoms. The van der Waals surface area contributed by atoms with Gasteiger partial charge in [0.25, 0.3) is 0 Å². The smallest absolute Gasteiger partial charge is 0.339 e. The first-order valence-corrected chi connectivity index (χ1v) is 12.0. The molecule has 7 nitrogen and oxygen atoms in total. The number of ketones is 1. The Morgan fingerprint density at radius 2 is 1.71 bits per heavy atom. The summed E-state index contributed by atoms with van der Waals surface area (Å²) >= 11 is 1.48. The molecule has 1 unspecified atom stereocenters. The topological polar surface area (TPSA) is 98.5 Å². The van der Waals surface area contributed by atoms with E-state index in [4.69, 9.17) is 9.26 Å². The molecule has 3 rings (SSSR count). The molecule has 2 aromatic carbocycles. The molecule has 1 atom stereocenters. The summed E-state index contributed by atoms with van der Waals surface area (Å²) in [5.74, 6) is 0.205. The van der Waals surface area contributed by atoms with Crippen molar-refractivity contribution in [2.45, 2.75) is 51.4 Å². The van der Waals surface area contributed by atoms with E-state index in [1.165, 1.54) is 11.8 Å². The average molecular weight is 481 g/mol. The SMILES string of the molecule is Cc1noc(C)c1CSc1ccccc1C(=O)OC(C)C(=O)c1ccc(NC(=O)C(C)C)cc1. The molecule has 0 fully saturated rings. The number of rotatable bonds is 9. The third kappa shape index (κ3) is 6.14. The van der Waals surface area contributed by atoms with Crippen LogP contribution >= 0.6 is 11.8 Å². The summed E-state index contributed by atoms with van der Waals surface area (Å²) in [5, 5.41) is 6.74. The maximum Gasteiger partial charge on any atom is 0.339 e. The third-order valence-corrected chi connectivity index (χ3v) is 6.37. The molecule has 0 aliphatic carbocycles. The van der Waals surface area contributed by atoms with E-state index in [0.717, 1.165) is 21.9 Å². The lowest BCUT2D eigenvalue weighted by atomic mass is 10.1. The van der Waals surface area contributed by atoms with Gasteiger partial charge in [-0.1, -0.05) is 31.1 Å². The van der Waals surface area contributed by atoms with E-state index in [9.17, 15) is 14.4 Å². The van der Waals surface area contributed by atoms with E-state index in [2.05, 4.69) is 10.5 Å². The van der Waals surface area contributed by atoms with Gasteiger partial charge in [0, 0.05) is 33.4 Å². The van der Waals surface area contributed by atoms with Gasteiger partial charge in [-0.2, -0.15) is 0 Å². The standard InChI is InChI=1S/C26H28N2O5S/c1-15(2)25(30)27-20-12-10-19(11-13-20)24(29)18(5)32-26(31)21-8-6-7-9-23(21)34-14-22-16(3)28-33-17(22)4/h6-13,15,18H,14H2,1-5H3,(H,27,30). The van der Waals surface area contributed by atoms with Crippen LogP contribution in [0.4, 0.5) is 5.69 Å². The minimum atomic E-state index is -0.968. The molecule has 0 bridgehead atoms. The average Bonchev–Trinajstić information content (AvgIpc) is 3.14. The highest BCUT2D eigenvalue weighted by Crippen LogP contribution is 2.29. The highest BCUT2D eigenvalue weighted by Gasteiger charge is 2.22. The van der Waals surface area contributed by atoms with Gasteiger partial charge in [-0.25, -0.2) is 4.79 Å². The second-order valence-corrected chi connectivity index (χ2v) is 9.24. The predicted molar refractivity (Wildman–Crippen MR) is 131 cm³/mol. The van der Waals surface area contributed by atoms with E-state index in [1.54, 1.807) is 57.2 Å². The van der Waals surface area contributed by atoms with Crippen molar-refractivity contribution in [1.82, 2.24) is 5.16 Å². The molecule has 34 heavy (non-hydrogen) atoms. The van der Waals surface area contributed by atoms with Crippen LogP contribution in [0, 0.1) is 19.8 Å². The van der Waals surface area contributed by atoms with Crippen LogP contribution in [0.25, 0.3) is 0 Å². The molecule has 1 N–H and O–H groups in total. The van der Waals surface area contributed by atoms with E-state index in [1.807, 2.05) is 26.0 Å². The number of Topliss-reactive ketones (excluding diaryl/α,β-unsaturated/α-hetero) is 1. The Morgan fingerprint density at radius 1 is 1.03 bits per heavy atom. The minimum absolute atomic E-state index is 0.104. The van der Waals surface area contributed by atoms with Crippen LogP contribution in [0.5, 0.6) is 0 Å². The number of aryl methyl sites for hydroxylation is 2. The molecule has 0 saturated heterocycles. The first-order chi connectivity index (χ1) is 16.2. The van der Waals surface area contributed by atoms with Crippen molar-refractivity contribution >= 4 is 35.1 Å². The van der Waals surface area contributed by atoms with Crippen LogP contribution in [-0.4, -0.2) is 28.9 Å². The molecule has 178 valence electrons. The number of carbonyl (C=O) groups excluding carboxylic acids is 3. The molecule has 3 aromatic rings. The van der Waals surface area contributed by atoms with E-state index < -0.39 is 12.1 Å². The molecule has 8 heteroatoms. The summed E-state index contributed by atoms with van der Waals surface area (Å²) in [6.45, 7) is 8.89. The zero-order valence-corrected chi connectivity index (χ0v) is 20.7. The predicted octanol–water partition coefficient (Wildman–Crippen LogP) is 5.61. The van der Waals surface area contributed by atoms with Crippen molar-refractivity contribution in [1.29, 1.82) is 0 Å². The van der Waals surface area contributed by atoms with Gasteiger partial charge in [-0.3, -0.25) is 9.59 Å². The van der Waals surface area contributed by atoms with Crippen molar-refractivity contribution in [3.8, 4) is 0 Å². The number of benzene rings is 2. The fourth-order valence-electron chi connectivity index (χ4n) is 3.14. The number of ether oxygens (including phenoxy) is 1. The highest BCUT2D eigenvalue weighted by atomic mass is 32.2. The van der Waals surface area contributed by atoms with Crippen LogP contribution < -0.4 is 5.32 Å². The van der Waals surface area contributed by atoms with Gasteiger partial charge < -0.3 is 14.6 Å². The van der Waals surface area contributed by atoms with Crippen LogP contribution in [-0.2, 0) is 15.3 Å². The Morgan fingerprint density at radius 3 is 2.32 bits per heavy atom. The maximum atomic E-state index is 12.9. The molecular weight excluding hydrogens is 452 g/mol. The van der Waals surface area contributed by atoms with Crippen molar-refractivity contribution < 1.29 is 23.6 Å². The summed E-state index contributed by atoms with van der Waals surface area (Å²) in [4.78, 5) is 38.3. The third-order valence-electron chi connectivity index (χ3n) is 5.27. The fourth-order valence-corrected chi connectivity index (χ4v) is 4.33. The largest absolute Gasteiger partial charge is 0.451 e. The number of nitrogens with zero attached hydrogens (tertiary/aromatic N) is 1. The number of carbonyl (C=O) groups is 3. The maximum absolute atomic E-state index is 12.9. The Labute approximate surface area is 203 Å². The number of hydrogen-bond acceptors (Lipinski definition) is 7. The Balaban J connectivity index is 1.65. The monoisotopic (exact) mass is 480 g/mol. The van der Waals surface area contributed by atoms with E-state index in [0.29, 0.717) is 22.6 Å². The summed E-state index contributed by atoms with van der Waals surface area (Å²) in [6.07, 6.45) is -0.968. The molecule has 1 aromatic heterocycles. The normalized spacial score (nSPS) is 11.8. The van der Waals surface area contributed by atoms with Crippen molar-refractivity contribution in [3.63, 3.8) is 0 Å².